The minimum atomic E-state index is 0.394. The van der Waals surface area contributed by atoms with E-state index in [9.17, 15) is 0 Å². The maximum Gasteiger partial charge on any atom is -0.00205 e. The predicted molar refractivity (Wildman–Crippen MR) is 60.8 cm³/mol. The van der Waals surface area contributed by atoms with Crippen molar-refractivity contribution in [3.05, 3.63) is 0 Å². The molecule has 0 saturated heterocycles. The van der Waals surface area contributed by atoms with Crippen molar-refractivity contribution in [3.8, 4) is 0 Å². The first-order valence-corrected chi connectivity index (χ1v) is 5.86. The molecule has 1 rings (SSSR count). The fourth-order valence-corrected chi connectivity index (χ4v) is 2.56. The standard InChI is InChI=1S/C11H25N3/c12-7-1-4-11(9-14)5-2-10(8-13)3-6-11/h10H,1-9,12-14H2. The minimum Gasteiger partial charge on any atom is -0.330 e. The largest absolute Gasteiger partial charge is 0.330 e. The molecule has 1 aliphatic carbocycles. The van der Waals surface area contributed by atoms with E-state index in [0.29, 0.717) is 5.41 Å². The normalized spacial score (nSPS) is 33.2. The van der Waals surface area contributed by atoms with Crippen LogP contribution < -0.4 is 17.2 Å². The van der Waals surface area contributed by atoms with Gasteiger partial charge >= 0.3 is 0 Å². The second kappa shape index (κ2) is 5.69. The van der Waals surface area contributed by atoms with E-state index in [2.05, 4.69) is 0 Å². The lowest BCUT2D eigenvalue weighted by atomic mass is 9.68. The molecule has 0 aromatic rings. The third-order valence-corrected chi connectivity index (χ3v) is 3.84. The monoisotopic (exact) mass is 199 g/mol. The summed E-state index contributed by atoms with van der Waals surface area (Å²) in [5, 5.41) is 0. The summed E-state index contributed by atoms with van der Waals surface area (Å²) in [6, 6.07) is 0. The van der Waals surface area contributed by atoms with Crippen molar-refractivity contribution < 1.29 is 0 Å². The third kappa shape index (κ3) is 2.94. The molecule has 1 aliphatic rings. The summed E-state index contributed by atoms with van der Waals surface area (Å²) in [4.78, 5) is 0. The molecule has 0 aromatic heterocycles. The smallest absolute Gasteiger partial charge is 0.00205 e. The summed E-state index contributed by atoms with van der Waals surface area (Å²) in [5.74, 6) is 0.743. The van der Waals surface area contributed by atoms with Crippen LogP contribution in [0.1, 0.15) is 38.5 Å². The van der Waals surface area contributed by atoms with Gasteiger partial charge in [0.2, 0.25) is 0 Å². The summed E-state index contributed by atoms with van der Waals surface area (Å²) in [5.41, 5.74) is 17.5. The van der Waals surface area contributed by atoms with Crippen molar-refractivity contribution in [3.63, 3.8) is 0 Å². The SMILES string of the molecule is NCCCC1(CN)CCC(CN)CC1. The molecule has 0 bridgehead atoms. The predicted octanol–water partition coefficient (Wildman–Crippen LogP) is 0.819. The van der Waals surface area contributed by atoms with Crippen LogP contribution in [-0.2, 0) is 0 Å². The van der Waals surface area contributed by atoms with E-state index in [1.807, 2.05) is 0 Å². The van der Waals surface area contributed by atoms with Gasteiger partial charge in [0.05, 0.1) is 0 Å². The highest BCUT2D eigenvalue weighted by atomic mass is 14.6. The van der Waals surface area contributed by atoms with Gasteiger partial charge in [-0.25, -0.2) is 0 Å². The molecule has 3 nitrogen and oxygen atoms in total. The molecule has 0 spiro atoms. The second-order valence-corrected chi connectivity index (χ2v) is 4.78. The van der Waals surface area contributed by atoms with Crippen LogP contribution in [0.3, 0.4) is 0 Å². The first-order valence-electron chi connectivity index (χ1n) is 5.86. The van der Waals surface area contributed by atoms with E-state index < -0.39 is 0 Å². The molecule has 3 heteroatoms. The van der Waals surface area contributed by atoms with Crippen molar-refractivity contribution in [2.75, 3.05) is 19.6 Å². The highest BCUT2D eigenvalue weighted by Crippen LogP contribution is 2.41. The molecule has 0 aromatic carbocycles. The van der Waals surface area contributed by atoms with Gasteiger partial charge in [-0.15, -0.1) is 0 Å². The van der Waals surface area contributed by atoms with Gasteiger partial charge in [0.15, 0.2) is 0 Å². The van der Waals surface area contributed by atoms with Crippen LogP contribution in [0.2, 0.25) is 0 Å². The second-order valence-electron chi connectivity index (χ2n) is 4.78. The molecule has 6 N–H and O–H groups in total. The lowest BCUT2D eigenvalue weighted by Gasteiger charge is -2.39. The van der Waals surface area contributed by atoms with E-state index >= 15 is 0 Å². The molecular weight excluding hydrogens is 174 g/mol. The Hall–Kier alpha value is -0.120. The van der Waals surface area contributed by atoms with Crippen LogP contribution in [0.15, 0.2) is 0 Å². The number of rotatable bonds is 5. The van der Waals surface area contributed by atoms with E-state index in [4.69, 9.17) is 17.2 Å². The Morgan fingerprint density at radius 1 is 1.07 bits per heavy atom. The van der Waals surface area contributed by atoms with Gasteiger partial charge in [-0.05, 0) is 69.5 Å². The van der Waals surface area contributed by atoms with Crippen LogP contribution >= 0.6 is 0 Å². The zero-order valence-corrected chi connectivity index (χ0v) is 9.17. The van der Waals surface area contributed by atoms with Crippen LogP contribution in [-0.4, -0.2) is 19.6 Å². The Morgan fingerprint density at radius 3 is 2.14 bits per heavy atom. The Balaban J connectivity index is 2.39. The Kier molecular flexibility index (Phi) is 4.85. The van der Waals surface area contributed by atoms with Gasteiger partial charge in [0, 0.05) is 0 Å². The molecule has 0 unspecified atom stereocenters. The molecule has 0 radical (unpaired) electrons. The molecule has 0 atom stereocenters. The van der Waals surface area contributed by atoms with Crippen LogP contribution in [0.25, 0.3) is 0 Å². The Morgan fingerprint density at radius 2 is 1.71 bits per heavy atom. The van der Waals surface area contributed by atoms with E-state index in [1.54, 1.807) is 0 Å². The first-order chi connectivity index (χ1) is 6.76. The highest BCUT2D eigenvalue weighted by Gasteiger charge is 2.32. The van der Waals surface area contributed by atoms with Gasteiger partial charge < -0.3 is 17.2 Å². The highest BCUT2D eigenvalue weighted by molar-refractivity contribution is 4.86. The molecular formula is C11H25N3. The quantitative estimate of drug-likeness (QED) is 0.613. The van der Waals surface area contributed by atoms with Crippen molar-refractivity contribution in [1.82, 2.24) is 0 Å². The Bertz CT molecular complexity index is 151. The van der Waals surface area contributed by atoms with Gasteiger partial charge in [-0.3, -0.25) is 0 Å². The molecule has 0 heterocycles. The molecule has 1 fully saturated rings. The molecule has 0 aliphatic heterocycles. The van der Waals surface area contributed by atoms with Gasteiger partial charge in [-0.2, -0.15) is 0 Å². The fourth-order valence-electron chi connectivity index (χ4n) is 2.56. The molecule has 0 amide bonds. The lowest BCUT2D eigenvalue weighted by Crippen LogP contribution is -2.36. The van der Waals surface area contributed by atoms with Gasteiger partial charge in [-0.1, -0.05) is 0 Å². The minimum absolute atomic E-state index is 0.394. The van der Waals surface area contributed by atoms with Crippen LogP contribution in [0, 0.1) is 11.3 Å². The lowest BCUT2D eigenvalue weighted by molar-refractivity contribution is 0.145. The van der Waals surface area contributed by atoms with Crippen molar-refractivity contribution in [1.29, 1.82) is 0 Å². The molecule has 14 heavy (non-hydrogen) atoms. The Labute approximate surface area is 87.4 Å². The van der Waals surface area contributed by atoms with E-state index in [1.165, 1.54) is 32.1 Å². The molecule has 1 saturated carbocycles. The number of nitrogens with two attached hydrogens (primary N) is 3. The number of hydrogen-bond donors (Lipinski definition) is 3. The number of hydrogen-bond acceptors (Lipinski definition) is 3. The molecule has 84 valence electrons. The van der Waals surface area contributed by atoms with E-state index in [0.717, 1.165) is 32.0 Å². The summed E-state index contributed by atoms with van der Waals surface area (Å²) in [6.07, 6.45) is 7.36. The van der Waals surface area contributed by atoms with Gasteiger partial charge in [0.1, 0.15) is 0 Å². The third-order valence-electron chi connectivity index (χ3n) is 3.84. The fraction of sp³-hybridized carbons (Fsp3) is 1.00. The summed E-state index contributed by atoms with van der Waals surface area (Å²) < 4.78 is 0. The average molecular weight is 199 g/mol. The van der Waals surface area contributed by atoms with Crippen molar-refractivity contribution in [2.24, 2.45) is 28.5 Å². The van der Waals surface area contributed by atoms with Crippen molar-refractivity contribution >= 4 is 0 Å². The maximum absolute atomic E-state index is 5.89. The van der Waals surface area contributed by atoms with Crippen molar-refractivity contribution in [2.45, 2.75) is 38.5 Å². The zero-order chi connectivity index (χ0) is 10.4. The summed E-state index contributed by atoms with van der Waals surface area (Å²) in [7, 11) is 0. The first kappa shape index (κ1) is 12.0. The zero-order valence-electron chi connectivity index (χ0n) is 9.17. The topological polar surface area (TPSA) is 78.1 Å². The summed E-state index contributed by atoms with van der Waals surface area (Å²) >= 11 is 0. The van der Waals surface area contributed by atoms with E-state index in [-0.39, 0.29) is 0 Å². The maximum atomic E-state index is 5.89. The van der Waals surface area contributed by atoms with Crippen LogP contribution in [0.4, 0.5) is 0 Å². The average Bonchev–Trinajstić information content (AvgIpc) is 2.27. The summed E-state index contributed by atoms with van der Waals surface area (Å²) in [6.45, 7) is 2.46. The van der Waals surface area contributed by atoms with Crippen LogP contribution in [0.5, 0.6) is 0 Å². The van der Waals surface area contributed by atoms with Gasteiger partial charge in [0.25, 0.3) is 0 Å².